The third-order valence-electron chi connectivity index (χ3n) is 6.26. The maximum absolute atomic E-state index is 12.8. The van der Waals surface area contributed by atoms with Gasteiger partial charge in [0.05, 0.1) is 18.7 Å². The van der Waals surface area contributed by atoms with Gasteiger partial charge < -0.3 is 19.9 Å². The predicted octanol–water partition coefficient (Wildman–Crippen LogP) is 2.02. The number of carbonyl (C=O) groups excluding carboxylic acids is 3. The fourth-order valence-corrected chi connectivity index (χ4v) is 4.32. The van der Waals surface area contributed by atoms with Crippen molar-refractivity contribution >= 4 is 23.6 Å². The van der Waals surface area contributed by atoms with Crippen LogP contribution in [0.4, 0.5) is 10.5 Å². The number of esters is 1. The highest BCUT2D eigenvalue weighted by Crippen LogP contribution is 2.31. The number of hydrogen-bond acceptors (Lipinski definition) is 5. The molecular formula is C22H30N4O4. The van der Waals surface area contributed by atoms with Crippen molar-refractivity contribution in [3.63, 3.8) is 0 Å². The molecule has 1 aromatic carbocycles. The number of carbonyl (C=O) groups is 3. The Labute approximate surface area is 177 Å². The molecule has 1 unspecified atom stereocenters. The average Bonchev–Trinajstić information content (AvgIpc) is 3.54. The summed E-state index contributed by atoms with van der Waals surface area (Å²) in [5, 5.41) is 2.89. The van der Waals surface area contributed by atoms with E-state index in [1.165, 1.54) is 20.0 Å². The number of urea groups is 1. The van der Waals surface area contributed by atoms with Gasteiger partial charge in [0.15, 0.2) is 0 Å². The number of ether oxygens (including phenoxy) is 1. The molecule has 162 valence electrons. The van der Waals surface area contributed by atoms with Crippen molar-refractivity contribution in [2.24, 2.45) is 5.92 Å². The monoisotopic (exact) mass is 414 g/mol. The molecule has 2 saturated heterocycles. The molecule has 0 spiro atoms. The normalized spacial score (nSPS) is 22.7. The largest absolute Gasteiger partial charge is 0.465 e. The Balaban J connectivity index is 1.29. The number of methoxy groups -OCH3 is 1. The van der Waals surface area contributed by atoms with Crippen molar-refractivity contribution < 1.29 is 19.1 Å². The van der Waals surface area contributed by atoms with Crippen LogP contribution in [0.5, 0.6) is 0 Å². The van der Waals surface area contributed by atoms with Gasteiger partial charge in [0.1, 0.15) is 0 Å². The Kier molecular flexibility index (Phi) is 6.22. The van der Waals surface area contributed by atoms with Crippen molar-refractivity contribution in [1.82, 2.24) is 14.7 Å². The Bertz CT molecular complexity index is 793. The summed E-state index contributed by atoms with van der Waals surface area (Å²) in [6.45, 7) is 4.59. The summed E-state index contributed by atoms with van der Waals surface area (Å²) >= 11 is 0. The molecule has 1 N–H and O–H groups in total. The highest BCUT2D eigenvalue weighted by atomic mass is 16.5. The van der Waals surface area contributed by atoms with Gasteiger partial charge in [0.25, 0.3) is 0 Å². The first-order chi connectivity index (χ1) is 14.5. The quantitative estimate of drug-likeness (QED) is 0.746. The zero-order chi connectivity index (χ0) is 21.1. The van der Waals surface area contributed by atoms with Gasteiger partial charge in [0, 0.05) is 45.0 Å². The zero-order valence-corrected chi connectivity index (χ0v) is 17.5. The van der Waals surface area contributed by atoms with Gasteiger partial charge in [-0.1, -0.05) is 0 Å². The van der Waals surface area contributed by atoms with Crippen molar-refractivity contribution in [2.45, 2.75) is 31.7 Å². The van der Waals surface area contributed by atoms with Crippen LogP contribution in [0.2, 0.25) is 0 Å². The van der Waals surface area contributed by atoms with Gasteiger partial charge in [-0.15, -0.1) is 0 Å². The molecule has 1 aromatic rings. The van der Waals surface area contributed by atoms with Gasteiger partial charge in [-0.3, -0.25) is 9.69 Å². The van der Waals surface area contributed by atoms with Gasteiger partial charge >= 0.3 is 12.0 Å². The topological polar surface area (TPSA) is 82.2 Å². The third-order valence-corrected chi connectivity index (χ3v) is 6.26. The summed E-state index contributed by atoms with van der Waals surface area (Å²) in [6.07, 6.45) is 4.26. The molecule has 1 atom stereocenters. The van der Waals surface area contributed by atoms with Crippen molar-refractivity contribution in [1.29, 1.82) is 0 Å². The first kappa shape index (κ1) is 20.7. The van der Waals surface area contributed by atoms with Gasteiger partial charge in [-0.25, -0.2) is 9.59 Å². The number of anilines is 1. The van der Waals surface area contributed by atoms with Gasteiger partial charge in [-0.05, 0) is 55.9 Å². The van der Waals surface area contributed by atoms with E-state index < -0.39 is 5.97 Å². The van der Waals surface area contributed by atoms with Crippen LogP contribution >= 0.6 is 0 Å². The summed E-state index contributed by atoms with van der Waals surface area (Å²) in [5.41, 5.74) is 1.08. The molecule has 30 heavy (non-hydrogen) atoms. The summed E-state index contributed by atoms with van der Waals surface area (Å²) in [7, 11) is 1.34. The molecule has 3 aliphatic rings. The van der Waals surface area contributed by atoms with E-state index in [-0.39, 0.29) is 18.0 Å². The molecule has 3 fully saturated rings. The van der Waals surface area contributed by atoms with Crippen molar-refractivity contribution in [2.75, 3.05) is 51.7 Å². The Morgan fingerprint density at radius 1 is 1.03 bits per heavy atom. The Hall–Kier alpha value is -2.61. The molecule has 2 heterocycles. The van der Waals surface area contributed by atoms with E-state index in [0.717, 1.165) is 38.4 Å². The van der Waals surface area contributed by atoms with Crippen LogP contribution in [0.3, 0.4) is 0 Å². The average molecular weight is 415 g/mol. The summed E-state index contributed by atoms with van der Waals surface area (Å²) < 4.78 is 4.69. The van der Waals surface area contributed by atoms with E-state index in [1.807, 2.05) is 4.90 Å². The maximum Gasteiger partial charge on any atom is 0.337 e. The van der Waals surface area contributed by atoms with Crippen LogP contribution in [-0.4, -0.2) is 85.0 Å². The van der Waals surface area contributed by atoms with E-state index in [1.54, 1.807) is 29.2 Å². The van der Waals surface area contributed by atoms with Crippen LogP contribution in [0.15, 0.2) is 24.3 Å². The van der Waals surface area contributed by atoms with Crippen LogP contribution < -0.4 is 5.32 Å². The Morgan fingerprint density at radius 2 is 1.80 bits per heavy atom. The predicted molar refractivity (Wildman–Crippen MR) is 112 cm³/mol. The Morgan fingerprint density at radius 3 is 2.50 bits per heavy atom. The number of benzene rings is 1. The molecule has 1 saturated carbocycles. The second-order valence-corrected chi connectivity index (χ2v) is 8.41. The van der Waals surface area contributed by atoms with Crippen LogP contribution in [0.1, 0.15) is 36.0 Å². The molecule has 3 amide bonds. The van der Waals surface area contributed by atoms with Crippen LogP contribution in [0, 0.1) is 5.92 Å². The molecule has 0 aromatic heterocycles. The number of rotatable bonds is 5. The number of nitrogens with one attached hydrogen (secondary N) is 1. The number of nitrogens with zero attached hydrogens (tertiary/aromatic N) is 3. The molecule has 1 aliphatic carbocycles. The highest BCUT2D eigenvalue weighted by Gasteiger charge is 2.38. The molecule has 0 bridgehead atoms. The van der Waals surface area contributed by atoms with Gasteiger partial charge in [0.2, 0.25) is 5.91 Å². The minimum atomic E-state index is -0.405. The minimum absolute atomic E-state index is 0.0300. The summed E-state index contributed by atoms with van der Waals surface area (Å²) in [5.74, 6) is 0.584. The van der Waals surface area contributed by atoms with Crippen LogP contribution in [-0.2, 0) is 9.53 Å². The van der Waals surface area contributed by atoms with E-state index in [2.05, 4.69) is 15.0 Å². The first-order valence-corrected chi connectivity index (χ1v) is 10.8. The van der Waals surface area contributed by atoms with E-state index in [9.17, 15) is 14.4 Å². The smallest absolute Gasteiger partial charge is 0.337 e. The lowest BCUT2D eigenvalue weighted by molar-refractivity contribution is -0.132. The molecular weight excluding hydrogens is 384 g/mol. The molecule has 0 radical (unpaired) electrons. The molecule has 8 nitrogen and oxygen atoms in total. The third kappa shape index (κ3) is 4.75. The van der Waals surface area contributed by atoms with E-state index in [4.69, 9.17) is 0 Å². The zero-order valence-electron chi connectivity index (χ0n) is 17.5. The fourth-order valence-electron chi connectivity index (χ4n) is 4.32. The highest BCUT2D eigenvalue weighted by molar-refractivity contribution is 5.92. The van der Waals surface area contributed by atoms with E-state index in [0.29, 0.717) is 30.9 Å². The second kappa shape index (κ2) is 9.04. The second-order valence-electron chi connectivity index (χ2n) is 8.41. The maximum atomic E-state index is 12.8. The SMILES string of the molecule is COC(=O)c1ccc(NC(=O)N2CCCN(C3CCN(CC4CC4)C3=O)CC2)cc1. The fraction of sp³-hybridized carbons (Fsp3) is 0.591. The van der Waals surface area contributed by atoms with Crippen LogP contribution in [0.25, 0.3) is 0 Å². The minimum Gasteiger partial charge on any atom is -0.465 e. The lowest BCUT2D eigenvalue weighted by atomic mass is 10.2. The molecule has 4 rings (SSSR count). The lowest BCUT2D eigenvalue weighted by Gasteiger charge is -2.26. The lowest BCUT2D eigenvalue weighted by Crippen LogP contribution is -2.44. The number of hydrogen-bond donors (Lipinski definition) is 1. The standard InChI is InChI=1S/C22H30N4O4/c1-30-21(28)17-5-7-18(8-6-17)23-22(29)25-11-2-10-24(13-14-25)19-9-12-26(20(19)27)15-16-3-4-16/h5-8,16,19H,2-4,9-15H2,1H3,(H,23,29). The molecule has 8 heteroatoms. The number of likely N-dealkylation sites (tertiary alicyclic amines) is 1. The van der Waals surface area contributed by atoms with Crippen molar-refractivity contribution in [3.8, 4) is 0 Å². The van der Waals surface area contributed by atoms with Crippen molar-refractivity contribution in [3.05, 3.63) is 29.8 Å². The van der Waals surface area contributed by atoms with Gasteiger partial charge in [-0.2, -0.15) is 0 Å². The summed E-state index contributed by atoms with van der Waals surface area (Å²) in [4.78, 5) is 43.1. The summed E-state index contributed by atoms with van der Waals surface area (Å²) in [6, 6.07) is 6.46. The molecule has 2 aliphatic heterocycles. The van der Waals surface area contributed by atoms with E-state index >= 15 is 0 Å². The first-order valence-electron chi connectivity index (χ1n) is 10.8. The number of amides is 3.